The fourth-order valence-electron chi connectivity index (χ4n) is 3.61. The number of hydrogen-bond acceptors (Lipinski definition) is 4. The van der Waals surface area contributed by atoms with E-state index in [-0.39, 0.29) is 0 Å². The summed E-state index contributed by atoms with van der Waals surface area (Å²) in [4.78, 5) is 4.29. The van der Waals surface area contributed by atoms with Crippen LogP contribution in [0.25, 0.3) is 10.8 Å². The lowest BCUT2D eigenvalue weighted by Gasteiger charge is -2.16. The van der Waals surface area contributed by atoms with Crippen LogP contribution in [0.2, 0.25) is 0 Å². The topological polar surface area (TPSA) is 76.4 Å². The summed E-state index contributed by atoms with van der Waals surface area (Å²) in [5.41, 5.74) is 0. The van der Waals surface area contributed by atoms with Gasteiger partial charge in [0.1, 0.15) is 11.6 Å². The molecule has 0 radical (unpaired) electrons. The summed E-state index contributed by atoms with van der Waals surface area (Å²) < 4.78 is 8.11. The van der Waals surface area contributed by atoms with Crippen LogP contribution in [0.3, 0.4) is 0 Å². The van der Waals surface area contributed by atoms with Crippen molar-refractivity contribution in [2.75, 3.05) is 20.2 Å². The number of rotatable bonds is 7. The first-order chi connectivity index (χ1) is 14.3. The number of benzene rings is 2. The Hall–Kier alpha value is -3.09. The number of aryl methyl sites for hydroxylation is 1. The van der Waals surface area contributed by atoms with Crippen molar-refractivity contribution in [1.82, 2.24) is 25.4 Å². The van der Waals surface area contributed by atoms with Gasteiger partial charge in [-0.15, -0.1) is 10.2 Å². The Morgan fingerprint density at radius 1 is 1.10 bits per heavy atom. The Morgan fingerprint density at radius 2 is 2.00 bits per heavy atom. The average Bonchev–Trinajstić information content (AvgIpc) is 3.18. The van der Waals surface area contributed by atoms with Crippen LogP contribution in [0.4, 0.5) is 0 Å². The predicted molar refractivity (Wildman–Crippen MR) is 115 cm³/mol. The van der Waals surface area contributed by atoms with Gasteiger partial charge in [0, 0.05) is 26.6 Å². The minimum Gasteiger partial charge on any atom is -0.494 e. The normalized spacial score (nSPS) is 13.9. The van der Waals surface area contributed by atoms with Crippen LogP contribution < -0.4 is 15.4 Å². The average molecular weight is 393 g/mol. The molecule has 2 aromatic carbocycles. The summed E-state index contributed by atoms with van der Waals surface area (Å²) in [6.45, 7) is 3.07. The van der Waals surface area contributed by atoms with Crippen LogP contribution in [0, 0.1) is 0 Å². The van der Waals surface area contributed by atoms with Gasteiger partial charge in [0.2, 0.25) is 0 Å². The van der Waals surface area contributed by atoms with Crippen LogP contribution in [0.1, 0.15) is 30.9 Å². The molecule has 0 bridgehead atoms. The molecule has 0 atom stereocenters. The molecule has 1 aromatic heterocycles. The van der Waals surface area contributed by atoms with Gasteiger partial charge in [0.05, 0.1) is 13.2 Å². The molecule has 1 aliphatic rings. The Labute approximate surface area is 171 Å². The van der Waals surface area contributed by atoms with Crippen LogP contribution in [0.15, 0.2) is 47.5 Å². The molecule has 2 N–H and O–H groups in total. The van der Waals surface area contributed by atoms with Crippen LogP contribution in [0.5, 0.6) is 5.75 Å². The lowest BCUT2D eigenvalue weighted by Crippen LogP contribution is -2.38. The zero-order valence-electron chi connectivity index (χ0n) is 16.9. The molecule has 29 heavy (non-hydrogen) atoms. The first-order valence-corrected chi connectivity index (χ1v) is 10.3. The molecular formula is C22H28N6O. The highest BCUT2D eigenvalue weighted by Crippen LogP contribution is 2.20. The maximum absolute atomic E-state index is 5.89. The van der Waals surface area contributed by atoms with Crippen LogP contribution in [-0.2, 0) is 19.5 Å². The van der Waals surface area contributed by atoms with Gasteiger partial charge in [0.25, 0.3) is 0 Å². The quantitative estimate of drug-likeness (QED) is 0.367. The minimum absolute atomic E-state index is 0.625. The van der Waals surface area contributed by atoms with Gasteiger partial charge in [-0.2, -0.15) is 0 Å². The number of aromatic nitrogens is 3. The molecule has 0 unspecified atom stereocenters. The lowest BCUT2D eigenvalue weighted by atomic mass is 10.1. The maximum Gasteiger partial charge on any atom is 0.191 e. The fourth-order valence-corrected chi connectivity index (χ4v) is 3.61. The molecule has 0 amide bonds. The first-order valence-electron chi connectivity index (χ1n) is 10.3. The van der Waals surface area contributed by atoms with Crippen LogP contribution in [-0.4, -0.2) is 40.9 Å². The molecule has 152 valence electrons. The smallest absolute Gasteiger partial charge is 0.191 e. The highest BCUT2D eigenvalue weighted by atomic mass is 16.5. The van der Waals surface area contributed by atoms with Gasteiger partial charge in [-0.25, -0.2) is 0 Å². The van der Waals surface area contributed by atoms with Gasteiger partial charge >= 0.3 is 0 Å². The highest BCUT2D eigenvalue weighted by Gasteiger charge is 2.15. The SMILES string of the molecule is CN=C(NCCCOc1ccc2ccccc2c1)NCc1nnc2n1CCCC2. The molecule has 0 saturated carbocycles. The molecular weight excluding hydrogens is 364 g/mol. The standard InChI is InChI=1S/C22H28N6O/c1-23-22(25-16-21-27-26-20-9-4-5-13-28(20)21)24-12-6-14-29-19-11-10-17-7-2-3-8-18(17)15-19/h2-3,7-8,10-11,15H,4-6,9,12-14,16H2,1H3,(H2,23,24,25). The predicted octanol–water partition coefficient (Wildman–Crippen LogP) is 2.90. The first kappa shape index (κ1) is 19.2. The molecule has 4 rings (SSSR count). The van der Waals surface area contributed by atoms with E-state index in [2.05, 4.69) is 54.7 Å². The van der Waals surface area contributed by atoms with E-state index in [0.717, 1.165) is 49.3 Å². The van der Waals surface area contributed by atoms with E-state index in [1.165, 1.54) is 23.6 Å². The summed E-state index contributed by atoms with van der Waals surface area (Å²) in [5.74, 6) is 3.75. The van der Waals surface area contributed by atoms with E-state index in [9.17, 15) is 0 Å². The van der Waals surface area contributed by atoms with E-state index < -0.39 is 0 Å². The van der Waals surface area contributed by atoms with E-state index in [1.54, 1.807) is 7.05 Å². The second-order valence-electron chi connectivity index (χ2n) is 7.20. The third-order valence-corrected chi connectivity index (χ3v) is 5.18. The molecule has 2 heterocycles. The van der Waals surface area contributed by atoms with Crippen molar-refractivity contribution < 1.29 is 4.74 Å². The van der Waals surface area contributed by atoms with Gasteiger partial charge in [-0.1, -0.05) is 30.3 Å². The summed E-state index contributed by atoms with van der Waals surface area (Å²) in [5, 5.41) is 17.7. The zero-order chi connectivity index (χ0) is 19.9. The van der Waals surface area contributed by atoms with Crippen molar-refractivity contribution in [1.29, 1.82) is 0 Å². The molecule has 1 aliphatic heterocycles. The number of nitrogens with one attached hydrogen (secondary N) is 2. The van der Waals surface area contributed by atoms with Gasteiger partial charge in [0.15, 0.2) is 11.8 Å². The molecule has 0 fully saturated rings. The number of aliphatic imine (C=N–C) groups is 1. The van der Waals surface area contributed by atoms with Gasteiger partial charge in [-0.3, -0.25) is 4.99 Å². The van der Waals surface area contributed by atoms with Crippen molar-refractivity contribution in [2.45, 2.75) is 38.8 Å². The summed E-state index contributed by atoms with van der Waals surface area (Å²) in [6.07, 6.45) is 4.31. The number of guanidine groups is 1. The molecule has 0 saturated heterocycles. The lowest BCUT2D eigenvalue weighted by molar-refractivity contribution is 0.311. The van der Waals surface area contributed by atoms with E-state index >= 15 is 0 Å². The number of hydrogen-bond donors (Lipinski definition) is 2. The van der Waals surface area contributed by atoms with E-state index in [4.69, 9.17) is 4.74 Å². The maximum atomic E-state index is 5.89. The fraction of sp³-hybridized carbons (Fsp3) is 0.409. The second kappa shape index (κ2) is 9.41. The number of ether oxygens (including phenoxy) is 1. The van der Waals surface area contributed by atoms with E-state index in [0.29, 0.717) is 13.2 Å². The van der Waals surface area contributed by atoms with Crippen molar-refractivity contribution in [3.8, 4) is 5.75 Å². The summed E-state index contributed by atoms with van der Waals surface area (Å²) >= 11 is 0. The second-order valence-corrected chi connectivity index (χ2v) is 7.20. The third-order valence-electron chi connectivity index (χ3n) is 5.18. The monoisotopic (exact) mass is 392 g/mol. The van der Waals surface area contributed by atoms with Gasteiger partial charge in [-0.05, 0) is 42.2 Å². The number of nitrogens with zero attached hydrogens (tertiary/aromatic N) is 4. The summed E-state index contributed by atoms with van der Waals surface area (Å²) in [7, 11) is 1.78. The Bertz CT molecular complexity index is 980. The highest BCUT2D eigenvalue weighted by molar-refractivity contribution is 5.83. The Morgan fingerprint density at radius 3 is 2.90 bits per heavy atom. The number of fused-ring (bicyclic) bond motifs is 2. The largest absolute Gasteiger partial charge is 0.494 e. The third kappa shape index (κ3) is 4.85. The minimum atomic E-state index is 0.625. The molecule has 3 aromatic rings. The van der Waals surface area contributed by atoms with Crippen molar-refractivity contribution in [2.24, 2.45) is 4.99 Å². The van der Waals surface area contributed by atoms with E-state index in [1.807, 2.05) is 18.2 Å². The summed E-state index contributed by atoms with van der Waals surface area (Å²) in [6, 6.07) is 14.5. The van der Waals surface area contributed by atoms with Gasteiger partial charge < -0.3 is 19.9 Å². The van der Waals surface area contributed by atoms with Crippen LogP contribution >= 0.6 is 0 Å². The molecule has 7 nitrogen and oxygen atoms in total. The van der Waals surface area contributed by atoms with Crippen molar-refractivity contribution in [3.63, 3.8) is 0 Å². The van der Waals surface area contributed by atoms with Crippen molar-refractivity contribution >= 4 is 16.7 Å². The Kier molecular flexibility index (Phi) is 6.24. The Balaban J connectivity index is 1.18. The van der Waals surface area contributed by atoms with Crippen molar-refractivity contribution in [3.05, 3.63) is 54.1 Å². The zero-order valence-corrected chi connectivity index (χ0v) is 16.9. The molecule has 0 aliphatic carbocycles. The molecule has 7 heteroatoms. The molecule has 0 spiro atoms.